The normalized spacial score (nSPS) is 12.0. The molecule has 0 radical (unpaired) electrons. The highest BCUT2D eigenvalue weighted by atomic mass is 35.5. The second-order valence-electron chi connectivity index (χ2n) is 4.59. The number of nitrogens with zero attached hydrogens (tertiary/aromatic N) is 2. The number of aryl methyl sites for hydroxylation is 1. The van der Waals surface area contributed by atoms with Crippen LogP contribution in [-0.4, -0.2) is 23.0 Å². The number of benzene rings is 1. The predicted octanol–water partition coefficient (Wildman–Crippen LogP) is 3.59. The zero-order valence-electron chi connectivity index (χ0n) is 11.6. The molecule has 0 fully saturated rings. The van der Waals surface area contributed by atoms with E-state index in [-0.39, 0.29) is 16.4 Å². The number of methoxy groups -OCH3 is 1. The van der Waals surface area contributed by atoms with Crippen molar-refractivity contribution < 1.29 is 9.53 Å². The van der Waals surface area contributed by atoms with E-state index in [4.69, 9.17) is 27.9 Å². The minimum absolute atomic E-state index is 0.0780. The van der Waals surface area contributed by atoms with Crippen LogP contribution in [0, 0.1) is 6.92 Å². The molecule has 0 spiro atoms. The topological polar surface area (TPSA) is 52.1 Å². The van der Waals surface area contributed by atoms with Gasteiger partial charge in [-0.25, -0.2) is 9.97 Å². The Labute approximate surface area is 133 Å². The first-order valence-electron chi connectivity index (χ1n) is 6.33. The molecule has 1 aromatic heterocycles. The van der Waals surface area contributed by atoms with Crippen molar-refractivity contribution in [1.82, 2.24) is 9.97 Å². The Kier molecular flexibility index (Phi) is 5.15. The number of carbonyl (C=O) groups excluding carboxylic acids is 1. The second kappa shape index (κ2) is 6.87. The van der Waals surface area contributed by atoms with Gasteiger partial charge in [-0.15, -0.1) is 0 Å². The average molecular weight is 325 g/mol. The first-order chi connectivity index (χ1) is 10.0. The van der Waals surface area contributed by atoms with Crippen molar-refractivity contribution in [2.75, 3.05) is 7.11 Å². The number of ether oxygens (including phenoxy) is 1. The molecule has 6 heteroatoms. The van der Waals surface area contributed by atoms with E-state index >= 15 is 0 Å². The molecule has 2 rings (SSSR count). The molecule has 1 heterocycles. The molecule has 21 heavy (non-hydrogen) atoms. The lowest BCUT2D eigenvalue weighted by Gasteiger charge is -2.17. The van der Waals surface area contributed by atoms with Crippen LogP contribution >= 0.6 is 23.2 Å². The van der Waals surface area contributed by atoms with Crippen molar-refractivity contribution in [3.05, 3.63) is 57.6 Å². The Hall–Kier alpha value is -1.65. The van der Waals surface area contributed by atoms with Crippen molar-refractivity contribution in [3.8, 4) is 0 Å². The molecule has 1 unspecified atom stereocenters. The molecule has 0 aliphatic rings. The van der Waals surface area contributed by atoms with E-state index in [1.807, 2.05) is 31.2 Å². The average Bonchev–Trinajstić information content (AvgIpc) is 2.47. The number of hydrogen-bond acceptors (Lipinski definition) is 4. The summed E-state index contributed by atoms with van der Waals surface area (Å²) in [5.74, 6) is -0.784. The van der Waals surface area contributed by atoms with Crippen molar-refractivity contribution in [2.24, 2.45) is 0 Å². The van der Waals surface area contributed by atoms with Crippen molar-refractivity contribution >= 4 is 29.2 Å². The fraction of sp³-hybridized carbons (Fsp3) is 0.267. The largest absolute Gasteiger partial charge is 0.469 e. The zero-order valence-corrected chi connectivity index (χ0v) is 13.1. The fourth-order valence-corrected chi connectivity index (χ4v) is 2.55. The van der Waals surface area contributed by atoms with Crippen LogP contribution in [0.1, 0.15) is 22.6 Å². The van der Waals surface area contributed by atoms with E-state index in [2.05, 4.69) is 9.97 Å². The van der Waals surface area contributed by atoms with E-state index in [1.165, 1.54) is 13.3 Å². The van der Waals surface area contributed by atoms with Gasteiger partial charge in [0.1, 0.15) is 5.15 Å². The van der Waals surface area contributed by atoms with E-state index in [0.717, 1.165) is 11.1 Å². The maximum Gasteiger partial charge on any atom is 0.313 e. The van der Waals surface area contributed by atoms with Gasteiger partial charge in [0.25, 0.3) is 0 Å². The Bertz CT molecular complexity index is 662. The molecular formula is C15H14Cl2N2O2. The summed E-state index contributed by atoms with van der Waals surface area (Å²) in [6.45, 7) is 1.95. The highest BCUT2D eigenvalue weighted by Gasteiger charge is 2.24. The molecular weight excluding hydrogens is 311 g/mol. The summed E-state index contributed by atoms with van der Waals surface area (Å²) in [7, 11) is 1.37. The monoisotopic (exact) mass is 324 g/mol. The first kappa shape index (κ1) is 15.7. The van der Waals surface area contributed by atoms with Gasteiger partial charge in [0.15, 0.2) is 0 Å². The number of aromatic nitrogens is 2. The molecule has 1 aromatic carbocycles. The van der Waals surface area contributed by atoms with Crippen LogP contribution in [0.3, 0.4) is 0 Å². The Morgan fingerprint density at radius 2 is 2.05 bits per heavy atom. The number of carbonyl (C=O) groups is 1. The number of halogens is 2. The lowest BCUT2D eigenvalue weighted by atomic mass is 9.90. The number of hydrogen-bond donors (Lipinski definition) is 0. The molecule has 0 amide bonds. The third-order valence-electron chi connectivity index (χ3n) is 3.26. The highest BCUT2D eigenvalue weighted by molar-refractivity contribution is 6.32. The molecule has 0 bridgehead atoms. The van der Waals surface area contributed by atoms with E-state index < -0.39 is 5.92 Å². The van der Waals surface area contributed by atoms with Crippen molar-refractivity contribution in [1.29, 1.82) is 0 Å². The maximum absolute atomic E-state index is 12.1. The van der Waals surface area contributed by atoms with E-state index in [1.54, 1.807) is 0 Å². The maximum atomic E-state index is 12.1. The minimum Gasteiger partial charge on any atom is -0.469 e. The molecule has 0 N–H and O–H groups in total. The van der Waals surface area contributed by atoms with E-state index in [9.17, 15) is 4.79 Å². The Morgan fingerprint density at radius 1 is 1.33 bits per heavy atom. The van der Waals surface area contributed by atoms with Gasteiger partial charge in [-0.05, 0) is 36.1 Å². The summed E-state index contributed by atoms with van der Waals surface area (Å²) >= 11 is 11.7. The fourth-order valence-electron chi connectivity index (χ4n) is 2.16. The quantitative estimate of drug-likeness (QED) is 0.490. The molecule has 1 atom stereocenters. The van der Waals surface area contributed by atoms with Crippen molar-refractivity contribution in [3.63, 3.8) is 0 Å². The lowest BCUT2D eigenvalue weighted by Crippen LogP contribution is -2.18. The van der Waals surface area contributed by atoms with Crippen LogP contribution in [0.5, 0.6) is 0 Å². The van der Waals surface area contributed by atoms with Crippen LogP contribution in [0.4, 0.5) is 0 Å². The molecule has 0 saturated carbocycles. The number of esters is 1. The summed E-state index contributed by atoms with van der Waals surface area (Å²) in [6.07, 6.45) is 1.89. The van der Waals surface area contributed by atoms with Crippen LogP contribution in [-0.2, 0) is 16.0 Å². The third-order valence-corrected chi connectivity index (χ3v) is 3.77. The third kappa shape index (κ3) is 3.71. The highest BCUT2D eigenvalue weighted by Crippen LogP contribution is 2.27. The smallest absolute Gasteiger partial charge is 0.313 e. The Balaban J connectivity index is 2.38. The van der Waals surface area contributed by atoms with Crippen molar-refractivity contribution in [2.45, 2.75) is 19.3 Å². The summed E-state index contributed by atoms with van der Waals surface area (Å²) in [5, 5.41) is 0.326. The first-order valence-corrected chi connectivity index (χ1v) is 7.08. The molecule has 0 aliphatic heterocycles. The van der Waals surface area contributed by atoms with Crippen LogP contribution < -0.4 is 0 Å². The molecule has 0 aliphatic carbocycles. The molecule has 110 valence electrons. The second-order valence-corrected chi connectivity index (χ2v) is 5.29. The summed E-state index contributed by atoms with van der Waals surface area (Å²) in [4.78, 5) is 19.9. The zero-order chi connectivity index (χ0) is 15.4. The summed E-state index contributed by atoms with van der Waals surface area (Å²) in [6, 6.07) is 7.66. The van der Waals surface area contributed by atoms with Gasteiger partial charge >= 0.3 is 5.97 Å². The lowest BCUT2D eigenvalue weighted by molar-refractivity contribution is -0.142. The van der Waals surface area contributed by atoms with Gasteiger partial charge in [0.05, 0.1) is 13.0 Å². The van der Waals surface area contributed by atoms with Gasteiger partial charge in [-0.3, -0.25) is 4.79 Å². The standard InChI is InChI=1S/C15H14Cl2N2O2/c1-9-5-3-4-6-11(9)12(14(20)21-2)7-10-8-18-15(17)19-13(10)16/h3-6,8,12H,7H2,1-2H3. The molecule has 4 nitrogen and oxygen atoms in total. The summed E-state index contributed by atoms with van der Waals surface area (Å²) < 4.78 is 4.91. The van der Waals surface area contributed by atoms with Gasteiger partial charge < -0.3 is 4.74 Å². The van der Waals surface area contributed by atoms with E-state index in [0.29, 0.717) is 12.0 Å². The van der Waals surface area contributed by atoms with Gasteiger partial charge in [-0.1, -0.05) is 35.9 Å². The Morgan fingerprint density at radius 3 is 2.67 bits per heavy atom. The predicted molar refractivity (Wildman–Crippen MR) is 81.7 cm³/mol. The van der Waals surface area contributed by atoms with Crippen LogP contribution in [0.25, 0.3) is 0 Å². The van der Waals surface area contributed by atoms with Crippen LogP contribution in [0.2, 0.25) is 10.4 Å². The van der Waals surface area contributed by atoms with Gasteiger partial charge in [-0.2, -0.15) is 0 Å². The summed E-state index contributed by atoms with van der Waals surface area (Å²) in [5.41, 5.74) is 2.56. The SMILES string of the molecule is COC(=O)C(Cc1cnc(Cl)nc1Cl)c1ccccc1C. The van der Waals surface area contributed by atoms with Gasteiger partial charge in [0, 0.05) is 11.8 Å². The molecule has 0 saturated heterocycles. The molecule has 2 aromatic rings. The van der Waals surface area contributed by atoms with Crippen LogP contribution in [0.15, 0.2) is 30.5 Å². The number of rotatable bonds is 4. The minimum atomic E-state index is -0.460. The van der Waals surface area contributed by atoms with Gasteiger partial charge in [0.2, 0.25) is 5.28 Å².